The maximum Gasteiger partial charge on any atom is 0.169 e. The second kappa shape index (κ2) is 8.46. The Morgan fingerprint density at radius 3 is 2.92 bits per heavy atom. The van der Waals surface area contributed by atoms with Gasteiger partial charge in [0.15, 0.2) is 5.11 Å². The lowest BCUT2D eigenvalue weighted by atomic mass is 10.2. The highest BCUT2D eigenvalue weighted by Crippen LogP contribution is 2.24. The number of hydrogen-bond donors (Lipinski definition) is 2. The SMILES string of the molecule is S=C(NCCCNc1ccnc2cc(Cl)ccc12)N1CCOCC1. The smallest absolute Gasteiger partial charge is 0.169 e. The van der Waals surface area contributed by atoms with Crippen molar-refractivity contribution in [3.05, 3.63) is 35.5 Å². The van der Waals surface area contributed by atoms with Crippen LogP contribution in [0, 0.1) is 0 Å². The number of rotatable bonds is 5. The molecule has 3 rings (SSSR count). The zero-order valence-corrected chi connectivity index (χ0v) is 15.0. The van der Waals surface area contributed by atoms with Gasteiger partial charge in [-0.25, -0.2) is 0 Å². The lowest BCUT2D eigenvalue weighted by molar-refractivity contribution is 0.0677. The summed E-state index contributed by atoms with van der Waals surface area (Å²) in [5, 5.41) is 9.38. The van der Waals surface area contributed by atoms with Crippen LogP contribution in [0.1, 0.15) is 6.42 Å². The number of ether oxygens (including phenoxy) is 1. The van der Waals surface area contributed by atoms with Crippen LogP contribution < -0.4 is 10.6 Å². The van der Waals surface area contributed by atoms with E-state index in [2.05, 4.69) is 20.5 Å². The molecule has 24 heavy (non-hydrogen) atoms. The molecule has 2 N–H and O–H groups in total. The molecule has 1 aromatic heterocycles. The molecule has 0 spiro atoms. The third-order valence-electron chi connectivity index (χ3n) is 3.95. The second-order valence-electron chi connectivity index (χ2n) is 5.63. The van der Waals surface area contributed by atoms with E-state index in [0.29, 0.717) is 5.02 Å². The third-order valence-corrected chi connectivity index (χ3v) is 4.59. The lowest BCUT2D eigenvalue weighted by Gasteiger charge is -2.29. The summed E-state index contributed by atoms with van der Waals surface area (Å²) in [4.78, 5) is 6.51. The number of thiocarbonyl (C=S) groups is 1. The van der Waals surface area contributed by atoms with E-state index in [-0.39, 0.29) is 0 Å². The maximum absolute atomic E-state index is 6.02. The van der Waals surface area contributed by atoms with Gasteiger partial charge in [0.1, 0.15) is 0 Å². The molecule has 1 saturated heterocycles. The minimum Gasteiger partial charge on any atom is -0.384 e. The van der Waals surface area contributed by atoms with Crippen molar-refractivity contribution in [3.63, 3.8) is 0 Å². The number of benzene rings is 1. The molecule has 128 valence electrons. The minimum atomic E-state index is 0.702. The van der Waals surface area contributed by atoms with Gasteiger partial charge >= 0.3 is 0 Å². The Hall–Kier alpha value is -1.63. The van der Waals surface area contributed by atoms with Crippen molar-refractivity contribution < 1.29 is 4.74 Å². The first kappa shape index (κ1) is 17.2. The molecule has 0 unspecified atom stereocenters. The molecule has 0 bridgehead atoms. The molecule has 1 aliphatic rings. The molecule has 5 nitrogen and oxygen atoms in total. The lowest BCUT2D eigenvalue weighted by Crippen LogP contribution is -2.46. The fourth-order valence-corrected chi connectivity index (χ4v) is 3.11. The summed E-state index contributed by atoms with van der Waals surface area (Å²) >= 11 is 11.4. The van der Waals surface area contributed by atoms with Gasteiger partial charge in [0.25, 0.3) is 0 Å². The molecular formula is C17H21ClN4OS. The molecule has 7 heteroatoms. The first-order valence-corrected chi connectivity index (χ1v) is 8.91. The molecule has 0 atom stereocenters. The molecule has 2 heterocycles. The third kappa shape index (κ3) is 4.47. The predicted molar refractivity (Wildman–Crippen MR) is 103 cm³/mol. The van der Waals surface area contributed by atoms with Crippen molar-refractivity contribution in [1.29, 1.82) is 0 Å². The Labute approximate surface area is 152 Å². The van der Waals surface area contributed by atoms with Crippen LogP contribution in [0.5, 0.6) is 0 Å². The van der Waals surface area contributed by atoms with E-state index >= 15 is 0 Å². The van der Waals surface area contributed by atoms with Crippen LogP contribution in [0.4, 0.5) is 5.69 Å². The van der Waals surface area contributed by atoms with Gasteiger partial charge in [0, 0.05) is 48.5 Å². The van der Waals surface area contributed by atoms with Crippen molar-refractivity contribution >= 4 is 45.5 Å². The van der Waals surface area contributed by atoms with Crippen molar-refractivity contribution in [1.82, 2.24) is 15.2 Å². The Balaban J connectivity index is 1.44. The van der Waals surface area contributed by atoms with Gasteiger partial charge in [-0.1, -0.05) is 11.6 Å². The zero-order chi connectivity index (χ0) is 16.8. The first-order chi connectivity index (χ1) is 11.7. The number of aromatic nitrogens is 1. The van der Waals surface area contributed by atoms with Gasteiger partial charge in [0.05, 0.1) is 18.7 Å². The van der Waals surface area contributed by atoms with E-state index in [0.717, 1.165) is 67.5 Å². The highest BCUT2D eigenvalue weighted by atomic mass is 35.5. The summed E-state index contributed by atoms with van der Waals surface area (Å²) in [7, 11) is 0. The van der Waals surface area contributed by atoms with Crippen LogP contribution in [0.15, 0.2) is 30.5 Å². The van der Waals surface area contributed by atoms with Gasteiger partial charge in [0.2, 0.25) is 0 Å². The van der Waals surface area contributed by atoms with Crippen LogP contribution in [-0.2, 0) is 4.74 Å². The molecule has 0 aliphatic carbocycles. The van der Waals surface area contributed by atoms with Gasteiger partial charge < -0.3 is 20.3 Å². The molecule has 0 saturated carbocycles. The highest BCUT2D eigenvalue weighted by Gasteiger charge is 2.12. The Kier molecular flexibility index (Phi) is 6.07. The molecule has 2 aromatic rings. The molecular weight excluding hydrogens is 344 g/mol. The first-order valence-electron chi connectivity index (χ1n) is 8.13. The fourth-order valence-electron chi connectivity index (χ4n) is 2.66. The van der Waals surface area contributed by atoms with Crippen LogP contribution in [0.2, 0.25) is 5.02 Å². The number of nitrogens with zero attached hydrogens (tertiary/aromatic N) is 2. The van der Waals surface area contributed by atoms with E-state index in [1.165, 1.54) is 0 Å². The summed E-state index contributed by atoms with van der Waals surface area (Å²) in [5.74, 6) is 0. The molecule has 1 aliphatic heterocycles. The summed E-state index contributed by atoms with van der Waals surface area (Å²) in [6, 6.07) is 7.75. The van der Waals surface area contributed by atoms with Crippen LogP contribution in [0.25, 0.3) is 10.9 Å². The Morgan fingerprint density at radius 1 is 1.25 bits per heavy atom. The van der Waals surface area contributed by atoms with Crippen LogP contribution in [0.3, 0.4) is 0 Å². The average molecular weight is 365 g/mol. The van der Waals surface area contributed by atoms with E-state index in [4.69, 9.17) is 28.6 Å². The summed E-state index contributed by atoms with van der Waals surface area (Å²) in [6.45, 7) is 4.95. The van der Waals surface area contributed by atoms with E-state index in [1.54, 1.807) is 6.20 Å². The Morgan fingerprint density at radius 2 is 2.08 bits per heavy atom. The number of nitrogens with one attached hydrogen (secondary N) is 2. The number of pyridine rings is 1. The van der Waals surface area contributed by atoms with Crippen LogP contribution >= 0.6 is 23.8 Å². The van der Waals surface area contributed by atoms with Crippen molar-refractivity contribution in [3.8, 4) is 0 Å². The summed E-state index contributed by atoms with van der Waals surface area (Å²) in [6.07, 6.45) is 2.77. The average Bonchev–Trinajstić information content (AvgIpc) is 2.61. The van der Waals surface area contributed by atoms with E-state index in [1.807, 2.05) is 24.3 Å². The quantitative estimate of drug-likeness (QED) is 0.628. The molecule has 1 aromatic carbocycles. The van der Waals surface area contributed by atoms with Gasteiger partial charge in [-0.3, -0.25) is 4.98 Å². The van der Waals surface area contributed by atoms with Crippen molar-refractivity contribution in [2.24, 2.45) is 0 Å². The zero-order valence-electron chi connectivity index (χ0n) is 13.4. The van der Waals surface area contributed by atoms with Crippen LogP contribution in [-0.4, -0.2) is 54.4 Å². The summed E-state index contributed by atoms with van der Waals surface area (Å²) < 4.78 is 5.33. The van der Waals surface area contributed by atoms with E-state index < -0.39 is 0 Å². The van der Waals surface area contributed by atoms with Crippen molar-refractivity contribution in [2.75, 3.05) is 44.7 Å². The van der Waals surface area contributed by atoms with E-state index in [9.17, 15) is 0 Å². The van der Waals surface area contributed by atoms with Gasteiger partial charge in [-0.15, -0.1) is 0 Å². The second-order valence-corrected chi connectivity index (χ2v) is 6.45. The number of halogens is 1. The normalized spacial score (nSPS) is 14.6. The predicted octanol–water partition coefficient (Wildman–Crippen LogP) is 2.90. The molecule has 0 radical (unpaired) electrons. The minimum absolute atomic E-state index is 0.702. The standard InChI is InChI=1S/C17H21ClN4OS/c18-13-2-3-14-15(4-7-20-16(14)12-13)19-5-1-6-21-17(24)22-8-10-23-11-9-22/h2-4,7,12H,1,5-6,8-11H2,(H,19,20)(H,21,24). The fraction of sp³-hybridized carbons (Fsp3) is 0.412. The largest absolute Gasteiger partial charge is 0.384 e. The maximum atomic E-state index is 6.02. The Bertz CT molecular complexity index is 706. The summed E-state index contributed by atoms with van der Waals surface area (Å²) in [5.41, 5.74) is 1.98. The van der Waals surface area contributed by atoms with Gasteiger partial charge in [-0.05, 0) is 42.9 Å². The number of morpholine rings is 1. The number of hydrogen-bond acceptors (Lipinski definition) is 4. The molecule has 1 fully saturated rings. The monoisotopic (exact) mass is 364 g/mol. The number of fused-ring (bicyclic) bond motifs is 1. The van der Waals surface area contributed by atoms with Gasteiger partial charge in [-0.2, -0.15) is 0 Å². The van der Waals surface area contributed by atoms with Crippen molar-refractivity contribution in [2.45, 2.75) is 6.42 Å². The number of anilines is 1. The molecule has 0 amide bonds. The highest BCUT2D eigenvalue weighted by molar-refractivity contribution is 7.80. The topological polar surface area (TPSA) is 49.4 Å².